The molecule has 0 aliphatic heterocycles. The van der Waals surface area contributed by atoms with Crippen molar-refractivity contribution in [3.05, 3.63) is 34.9 Å². The molecular weight excluding hydrogens is 350 g/mol. The summed E-state index contributed by atoms with van der Waals surface area (Å²) in [6, 6.07) is 2.93. The predicted molar refractivity (Wildman–Crippen MR) is 113 cm³/mol. The largest absolute Gasteiger partial charge is 0.206 e. The van der Waals surface area contributed by atoms with Gasteiger partial charge >= 0.3 is 0 Å². The summed E-state index contributed by atoms with van der Waals surface area (Å²) in [5.41, 5.74) is 0.695. The molecule has 2 heteroatoms. The molecule has 0 aromatic heterocycles. The van der Waals surface area contributed by atoms with Crippen molar-refractivity contribution in [3.8, 4) is 11.8 Å². The minimum Gasteiger partial charge on any atom is -0.206 e. The molecule has 0 N–H and O–H groups in total. The lowest BCUT2D eigenvalue weighted by molar-refractivity contribution is 0.156. The quantitative estimate of drug-likeness (QED) is 0.455. The van der Waals surface area contributed by atoms with Crippen molar-refractivity contribution in [2.75, 3.05) is 0 Å². The van der Waals surface area contributed by atoms with Crippen molar-refractivity contribution >= 4 is 0 Å². The van der Waals surface area contributed by atoms with E-state index in [1.807, 2.05) is 0 Å². The highest BCUT2D eigenvalue weighted by Gasteiger charge is 2.30. The number of benzene rings is 1. The molecule has 0 amide bonds. The van der Waals surface area contributed by atoms with Crippen LogP contribution in [-0.4, -0.2) is 0 Å². The minimum atomic E-state index is -0.500. The van der Waals surface area contributed by atoms with E-state index in [2.05, 4.69) is 25.7 Å². The van der Waals surface area contributed by atoms with Crippen molar-refractivity contribution in [1.29, 1.82) is 0 Å². The van der Waals surface area contributed by atoms with Crippen molar-refractivity contribution in [1.82, 2.24) is 0 Å². The topological polar surface area (TPSA) is 0 Å². The highest BCUT2D eigenvalue weighted by molar-refractivity contribution is 5.39. The first-order valence-electron chi connectivity index (χ1n) is 11.6. The van der Waals surface area contributed by atoms with Gasteiger partial charge in [0.1, 0.15) is 11.6 Å². The Hall–Kier alpha value is -1.36. The first-order valence-corrected chi connectivity index (χ1v) is 11.6. The maximum absolute atomic E-state index is 14.3. The molecule has 0 nitrogen and oxygen atoms in total. The molecule has 0 spiro atoms. The fraction of sp³-hybridized carbons (Fsp3) is 0.692. The lowest BCUT2D eigenvalue weighted by atomic mass is 9.69. The molecule has 0 radical (unpaired) electrons. The summed E-state index contributed by atoms with van der Waals surface area (Å²) in [6.07, 6.45) is 14.3. The van der Waals surface area contributed by atoms with E-state index in [-0.39, 0.29) is 5.56 Å². The number of aryl methyl sites for hydroxylation is 1. The summed E-state index contributed by atoms with van der Waals surface area (Å²) in [6.45, 7) is 4.40. The van der Waals surface area contributed by atoms with Crippen molar-refractivity contribution in [2.24, 2.45) is 23.7 Å². The zero-order valence-corrected chi connectivity index (χ0v) is 17.7. The zero-order chi connectivity index (χ0) is 19.9. The van der Waals surface area contributed by atoms with Gasteiger partial charge in [-0.1, -0.05) is 51.4 Å². The Morgan fingerprint density at radius 1 is 0.857 bits per heavy atom. The Balaban J connectivity index is 1.54. The number of rotatable bonds is 5. The second-order valence-corrected chi connectivity index (χ2v) is 9.11. The lowest BCUT2D eigenvalue weighted by Crippen LogP contribution is -2.25. The highest BCUT2D eigenvalue weighted by Crippen LogP contribution is 2.41. The van der Waals surface area contributed by atoms with E-state index >= 15 is 0 Å². The third-order valence-corrected chi connectivity index (χ3v) is 7.23. The Morgan fingerprint density at radius 3 is 1.96 bits per heavy atom. The molecule has 0 saturated heterocycles. The fourth-order valence-electron chi connectivity index (χ4n) is 5.25. The van der Waals surface area contributed by atoms with Crippen LogP contribution in [0.2, 0.25) is 0 Å². The maximum atomic E-state index is 14.3. The number of hydrogen-bond donors (Lipinski definition) is 0. The van der Waals surface area contributed by atoms with E-state index in [1.54, 1.807) is 0 Å². The van der Waals surface area contributed by atoms with Crippen LogP contribution in [0.3, 0.4) is 0 Å². The van der Waals surface area contributed by atoms with Gasteiger partial charge in [0, 0.05) is 5.92 Å². The molecule has 154 valence electrons. The van der Waals surface area contributed by atoms with Crippen LogP contribution >= 0.6 is 0 Å². The normalized spacial score (nSPS) is 27.9. The fourth-order valence-corrected chi connectivity index (χ4v) is 5.25. The van der Waals surface area contributed by atoms with Crippen molar-refractivity contribution < 1.29 is 8.78 Å². The average Bonchev–Trinajstić information content (AvgIpc) is 2.72. The number of unbranched alkanes of at least 4 members (excludes halogenated alkanes) is 1. The second kappa shape index (κ2) is 10.4. The first-order chi connectivity index (χ1) is 13.6. The van der Waals surface area contributed by atoms with Gasteiger partial charge in [0.05, 0.1) is 5.56 Å². The van der Waals surface area contributed by atoms with Gasteiger partial charge < -0.3 is 0 Å². The molecule has 2 aliphatic carbocycles. The predicted octanol–water partition coefficient (Wildman–Crippen LogP) is 7.68. The van der Waals surface area contributed by atoms with E-state index in [0.717, 1.165) is 55.4 Å². The monoisotopic (exact) mass is 386 g/mol. The molecule has 2 saturated carbocycles. The SMILES string of the molecule is CCCCc1cc(F)c(C#CC2CCC([C@H]3CC[C@H](CC)CC3)CC2)c(F)c1. The molecule has 28 heavy (non-hydrogen) atoms. The van der Waals surface area contributed by atoms with Gasteiger partial charge in [-0.25, -0.2) is 8.78 Å². The molecule has 0 bridgehead atoms. The summed E-state index contributed by atoms with van der Waals surface area (Å²) in [4.78, 5) is 0. The van der Waals surface area contributed by atoms with Crippen LogP contribution in [-0.2, 0) is 6.42 Å². The summed E-state index contributed by atoms with van der Waals surface area (Å²) in [7, 11) is 0. The molecule has 1 aromatic carbocycles. The smallest absolute Gasteiger partial charge is 0.142 e. The van der Waals surface area contributed by atoms with Crippen molar-refractivity contribution in [3.63, 3.8) is 0 Å². The van der Waals surface area contributed by atoms with Crippen LogP contribution in [0, 0.1) is 47.1 Å². The molecule has 1 aromatic rings. The van der Waals surface area contributed by atoms with Crippen LogP contribution in [0.15, 0.2) is 12.1 Å². The van der Waals surface area contributed by atoms with Crippen molar-refractivity contribution in [2.45, 2.75) is 90.9 Å². The lowest BCUT2D eigenvalue weighted by Gasteiger charge is -2.36. The van der Waals surface area contributed by atoms with E-state index in [4.69, 9.17) is 0 Å². The van der Waals surface area contributed by atoms with Crippen LogP contribution in [0.1, 0.15) is 95.6 Å². The Morgan fingerprint density at radius 2 is 1.43 bits per heavy atom. The van der Waals surface area contributed by atoms with Gasteiger partial charge in [-0.05, 0) is 86.8 Å². The number of halogens is 2. The van der Waals surface area contributed by atoms with Crippen LogP contribution in [0.25, 0.3) is 0 Å². The molecule has 0 heterocycles. The van der Waals surface area contributed by atoms with Gasteiger partial charge in [0.2, 0.25) is 0 Å². The molecular formula is C26H36F2. The summed E-state index contributed by atoms with van der Waals surface area (Å²) in [5, 5.41) is 0. The summed E-state index contributed by atoms with van der Waals surface area (Å²) in [5.74, 6) is 8.04. The van der Waals surface area contributed by atoms with Gasteiger partial charge in [-0.15, -0.1) is 0 Å². The van der Waals surface area contributed by atoms with E-state index in [0.29, 0.717) is 5.92 Å². The highest BCUT2D eigenvalue weighted by atomic mass is 19.1. The van der Waals surface area contributed by atoms with Gasteiger partial charge in [-0.3, -0.25) is 0 Å². The molecule has 2 fully saturated rings. The maximum Gasteiger partial charge on any atom is 0.142 e. The van der Waals surface area contributed by atoms with E-state index in [1.165, 1.54) is 57.1 Å². The van der Waals surface area contributed by atoms with Crippen LogP contribution in [0.5, 0.6) is 0 Å². The molecule has 0 unspecified atom stereocenters. The molecule has 0 atom stereocenters. The van der Waals surface area contributed by atoms with Gasteiger partial charge in [-0.2, -0.15) is 0 Å². The Bertz CT molecular complexity index is 657. The van der Waals surface area contributed by atoms with Gasteiger partial charge in [0.25, 0.3) is 0 Å². The van der Waals surface area contributed by atoms with E-state index in [9.17, 15) is 8.78 Å². The first kappa shape index (κ1) is 21.4. The Labute approximate surface area is 170 Å². The number of hydrogen-bond acceptors (Lipinski definition) is 0. The molecule has 2 aliphatic rings. The third-order valence-electron chi connectivity index (χ3n) is 7.23. The standard InChI is InChI=1S/C26H36F2/c1-3-5-6-21-17-25(27)24(26(28)18-21)16-11-20-9-14-23(15-10-20)22-12-7-19(4-2)8-13-22/h17-20,22-23H,3-10,12-15H2,1-2H3/t19-,20?,22-,23?. The summed E-state index contributed by atoms with van der Waals surface area (Å²) >= 11 is 0. The van der Waals surface area contributed by atoms with Crippen LogP contribution < -0.4 is 0 Å². The average molecular weight is 387 g/mol. The van der Waals surface area contributed by atoms with E-state index < -0.39 is 11.6 Å². The van der Waals surface area contributed by atoms with Crippen LogP contribution in [0.4, 0.5) is 8.78 Å². The third kappa shape index (κ3) is 5.59. The second-order valence-electron chi connectivity index (χ2n) is 9.11. The molecule has 3 rings (SSSR count). The van der Waals surface area contributed by atoms with Gasteiger partial charge in [0.15, 0.2) is 0 Å². The zero-order valence-electron chi connectivity index (χ0n) is 17.7. The minimum absolute atomic E-state index is 0.0414. The Kier molecular flexibility index (Phi) is 7.95. The summed E-state index contributed by atoms with van der Waals surface area (Å²) < 4.78 is 28.6.